The molecule has 2 aromatic heterocycles. The Bertz CT molecular complexity index is 1260. The molecule has 0 amide bonds. The molecular formula is C20H17N5O3. The molecule has 0 unspecified atom stereocenters. The highest BCUT2D eigenvalue weighted by atomic mass is 16.6. The maximum atomic E-state index is 13.2. The minimum absolute atomic E-state index is 0.00770. The van der Waals surface area contributed by atoms with Crippen molar-refractivity contribution in [3.8, 4) is 5.69 Å². The van der Waals surface area contributed by atoms with E-state index in [0.29, 0.717) is 16.6 Å². The zero-order valence-electron chi connectivity index (χ0n) is 15.4. The Morgan fingerprint density at radius 2 is 1.79 bits per heavy atom. The predicted octanol–water partition coefficient (Wildman–Crippen LogP) is 3.16. The van der Waals surface area contributed by atoms with Gasteiger partial charge in [-0.3, -0.25) is 14.9 Å². The quantitative estimate of drug-likeness (QED) is 0.403. The molecule has 0 spiro atoms. The summed E-state index contributed by atoms with van der Waals surface area (Å²) in [5.74, 6) is 0. The molecule has 0 saturated heterocycles. The number of fused-ring (bicyclic) bond motifs is 1. The van der Waals surface area contributed by atoms with Crippen LogP contribution in [0.2, 0.25) is 0 Å². The second-order valence-electron chi connectivity index (χ2n) is 6.58. The summed E-state index contributed by atoms with van der Waals surface area (Å²) in [5, 5.41) is 20.3. The molecule has 4 aromatic rings. The molecule has 0 aliphatic heterocycles. The van der Waals surface area contributed by atoms with Crippen LogP contribution in [-0.2, 0) is 6.54 Å². The third-order valence-electron chi connectivity index (χ3n) is 4.69. The Balaban J connectivity index is 1.83. The average molecular weight is 375 g/mol. The molecule has 0 aliphatic carbocycles. The van der Waals surface area contributed by atoms with E-state index < -0.39 is 4.92 Å². The first-order valence-corrected chi connectivity index (χ1v) is 8.70. The van der Waals surface area contributed by atoms with E-state index in [9.17, 15) is 14.9 Å². The fraction of sp³-hybridized carbons (Fsp3) is 0.150. The Hall–Kier alpha value is -3.81. The third-order valence-corrected chi connectivity index (χ3v) is 4.69. The molecule has 0 radical (unpaired) electrons. The number of hydrogen-bond donors (Lipinski definition) is 0. The predicted molar refractivity (Wildman–Crippen MR) is 105 cm³/mol. The first-order valence-electron chi connectivity index (χ1n) is 8.70. The van der Waals surface area contributed by atoms with E-state index in [4.69, 9.17) is 0 Å². The van der Waals surface area contributed by atoms with Gasteiger partial charge in [-0.15, -0.1) is 0 Å². The van der Waals surface area contributed by atoms with E-state index in [2.05, 4.69) is 10.2 Å². The van der Waals surface area contributed by atoms with Crippen molar-refractivity contribution in [2.24, 2.45) is 0 Å². The highest BCUT2D eigenvalue weighted by Crippen LogP contribution is 2.20. The van der Waals surface area contributed by atoms with Crippen LogP contribution < -0.4 is 5.56 Å². The number of hydrogen-bond acceptors (Lipinski definition) is 5. The van der Waals surface area contributed by atoms with E-state index in [1.807, 2.05) is 38.1 Å². The summed E-state index contributed by atoms with van der Waals surface area (Å²) >= 11 is 0. The Morgan fingerprint density at radius 1 is 1.07 bits per heavy atom. The molecule has 4 rings (SSSR count). The number of nitro benzene ring substituents is 1. The summed E-state index contributed by atoms with van der Waals surface area (Å²) in [6.45, 7) is 4.01. The van der Waals surface area contributed by atoms with Crippen LogP contribution in [0.25, 0.3) is 16.6 Å². The van der Waals surface area contributed by atoms with Gasteiger partial charge in [-0.25, -0.2) is 9.36 Å². The van der Waals surface area contributed by atoms with Gasteiger partial charge in [-0.05, 0) is 31.0 Å². The first-order chi connectivity index (χ1) is 13.5. The SMILES string of the molecule is Cc1ccccc1-n1ncc2c(C)nn(Cc3ccc([N+](=O)[O-])cc3)c(=O)c21. The van der Waals surface area contributed by atoms with Crippen molar-refractivity contribution in [1.82, 2.24) is 19.6 Å². The minimum Gasteiger partial charge on any atom is -0.265 e. The fourth-order valence-electron chi connectivity index (χ4n) is 3.21. The zero-order chi connectivity index (χ0) is 19.8. The smallest absolute Gasteiger partial charge is 0.265 e. The number of non-ortho nitro benzene ring substituents is 1. The van der Waals surface area contributed by atoms with Crippen molar-refractivity contribution in [3.05, 3.63) is 92.0 Å². The van der Waals surface area contributed by atoms with Gasteiger partial charge in [0.1, 0.15) is 5.52 Å². The van der Waals surface area contributed by atoms with Gasteiger partial charge in [0.15, 0.2) is 0 Å². The lowest BCUT2D eigenvalue weighted by Gasteiger charge is -2.10. The molecule has 0 atom stereocenters. The van der Waals surface area contributed by atoms with Crippen LogP contribution in [0.3, 0.4) is 0 Å². The van der Waals surface area contributed by atoms with Crippen molar-refractivity contribution >= 4 is 16.6 Å². The number of nitrogens with zero attached hydrogens (tertiary/aromatic N) is 5. The summed E-state index contributed by atoms with van der Waals surface area (Å²) in [5.41, 5.74) is 3.49. The van der Waals surface area contributed by atoms with Crippen molar-refractivity contribution in [3.63, 3.8) is 0 Å². The van der Waals surface area contributed by atoms with Crippen LogP contribution in [-0.4, -0.2) is 24.5 Å². The highest BCUT2D eigenvalue weighted by molar-refractivity contribution is 5.81. The molecular weight excluding hydrogens is 358 g/mol. The van der Waals surface area contributed by atoms with Gasteiger partial charge in [-0.2, -0.15) is 10.2 Å². The van der Waals surface area contributed by atoms with E-state index >= 15 is 0 Å². The van der Waals surface area contributed by atoms with Crippen LogP contribution in [0.1, 0.15) is 16.8 Å². The number of para-hydroxylation sites is 1. The summed E-state index contributed by atoms with van der Waals surface area (Å²) in [6.07, 6.45) is 1.65. The molecule has 8 nitrogen and oxygen atoms in total. The van der Waals surface area contributed by atoms with Crippen molar-refractivity contribution in [2.75, 3.05) is 0 Å². The molecule has 2 heterocycles. The topological polar surface area (TPSA) is 95.8 Å². The van der Waals surface area contributed by atoms with Gasteiger partial charge in [0.2, 0.25) is 0 Å². The zero-order valence-corrected chi connectivity index (χ0v) is 15.4. The van der Waals surface area contributed by atoms with Crippen LogP contribution >= 0.6 is 0 Å². The number of nitro groups is 1. The summed E-state index contributed by atoms with van der Waals surface area (Å²) in [4.78, 5) is 23.5. The number of benzene rings is 2. The summed E-state index contributed by atoms with van der Waals surface area (Å²) < 4.78 is 3.02. The summed E-state index contributed by atoms with van der Waals surface area (Å²) in [6, 6.07) is 13.8. The second-order valence-corrected chi connectivity index (χ2v) is 6.58. The second kappa shape index (κ2) is 6.73. The van der Waals surface area contributed by atoms with E-state index in [1.54, 1.807) is 23.0 Å². The van der Waals surface area contributed by atoms with E-state index in [0.717, 1.165) is 16.8 Å². The van der Waals surface area contributed by atoms with Crippen LogP contribution in [0.15, 0.2) is 59.5 Å². The van der Waals surface area contributed by atoms with Crippen LogP contribution in [0, 0.1) is 24.0 Å². The Labute approximate surface area is 159 Å². The third kappa shape index (κ3) is 2.94. The molecule has 28 heavy (non-hydrogen) atoms. The fourth-order valence-corrected chi connectivity index (χ4v) is 3.21. The molecule has 0 saturated carbocycles. The largest absolute Gasteiger partial charge is 0.293 e. The minimum atomic E-state index is -0.453. The van der Waals surface area contributed by atoms with Gasteiger partial charge in [0.25, 0.3) is 11.2 Å². The van der Waals surface area contributed by atoms with Crippen molar-refractivity contribution in [1.29, 1.82) is 0 Å². The molecule has 0 fully saturated rings. The lowest BCUT2D eigenvalue weighted by atomic mass is 10.2. The monoisotopic (exact) mass is 375 g/mol. The molecule has 0 aliphatic rings. The molecule has 0 N–H and O–H groups in total. The standard InChI is InChI=1S/C20H17N5O3/c1-13-5-3-4-6-18(13)24-19-17(11-21-24)14(2)22-23(20(19)26)12-15-7-9-16(10-8-15)25(27)28/h3-11H,12H2,1-2H3. The molecule has 140 valence electrons. The lowest BCUT2D eigenvalue weighted by molar-refractivity contribution is -0.384. The summed E-state index contributed by atoms with van der Waals surface area (Å²) in [7, 11) is 0. The van der Waals surface area contributed by atoms with Crippen molar-refractivity contribution < 1.29 is 4.92 Å². The Morgan fingerprint density at radius 3 is 2.46 bits per heavy atom. The maximum Gasteiger partial charge on any atom is 0.293 e. The Kier molecular flexibility index (Phi) is 4.23. The first kappa shape index (κ1) is 17.6. The van der Waals surface area contributed by atoms with Gasteiger partial charge in [0, 0.05) is 17.5 Å². The number of rotatable bonds is 4. The van der Waals surface area contributed by atoms with Gasteiger partial charge >= 0.3 is 0 Å². The molecule has 2 aromatic carbocycles. The average Bonchev–Trinajstić information content (AvgIpc) is 3.12. The van der Waals surface area contributed by atoms with Crippen LogP contribution in [0.5, 0.6) is 0 Å². The molecule has 0 bridgehead atoms. The van der Waals surface area contributed by atoms with Gasteiger partial charge in [-0.1, -0.05) is 30.3 Å². The van der Waals surface area contributed by atoms with Crippen LogP contribution in [0.4, 0.5) is 5.69 Å². The normalized spacial score (nSPS) is 11.1. The number of aromatic nitrogens is 4. The number of aryl methyl sites for hydroxylation is 2. The highest BCUT2D eigenvalue weighted by Gasteiger charge is 2.16. The lowest BCUT2D eigenvalue weighted by Crippen LogP contribution is -2.26. The van der Waals surface area contributed by atoms with Crippen molar-refractivity contribution in [2.45, 2.75) is 20.4 Å². The van der Waals surface area contributed by atoms with Gasteiger partial charge < -0.3 is 0 Å². The van der Waals surface area contributed by atoms with E-state index in [-0.39, 0.29) is 17.8 Å². The maximum absolute atomic E-state index is 13.2. The van der Waals surface area contributed by atoms with Gasteiger partial charge in [0.05, 0.1) is 29.0 Å². The molecule has 8 heteroatoms. The van der Waals surface area contributed by atoms with E-state index in [1.165, 1.54) is 16.8 Å².